The van der Waals surface area contributed by atoms with E-state index in [1.54, 1.807) is 6.08 Å². The third-order valence-corrected chi connectivity index (χ3v) is 3.50. The van der Waals surface area contributed by atoms with Crippen LogP contribution in [0, 0.1) is 0 Å². The fraction of sp³-hybridized carbons (Fsp3) is 0.400. The highest BCUT2D eigenvalue weighted by molar-refractivity contribution is 5.92. The van der Waals surface area contributed by atoms with Crippen molar-refractivity contribution in [3.8, 4) is 11.5 Å². The van der Waals surface area contributed by atoms with Gasteiger partial charge in [0, 0.05) is 31.8 Å². The van der Waals surface area contributed by atoms with Crippen molar-refractivity contribution in [3.63, 3.8) is 0 Å². The maximum atomic E-state index is 12.1. The van der Waals surface area contributed by atoms with E-state index < -0.39 is 0 Å². The number of piperazine rings is 1. The molecule has 20 heavy (non-hydrogen) atoms. The maximum absolute atomic E-state index is 12.1. The Morgan fingerprint density at radius 2 is 2.25 bits per heavy atom. The van der Waals surface area contributed by atoms with Crippen molar-refractivity contribution in [2.75, 3.05) is 26.4 Å². The summed E-state index contributed by atoms with van der Waals surface area (Å²) >= 11 is 0. The first-order valence-corrected chi connectivity index (χ1v) is 6.82. The van der Waals surface area contributed by atoms with E-state index in [0.717, 1.165) is 36.7 Å². The minimum Gasteiger partial charge on any atom is -0.454 e. The zero-order valence-electron chi connectivity index (χ0n) is 11.5. The summed E-state index contributed by atoms with van der Waals surface area (Å²) in [4.78, 5) is 14.0. The highest BCUT2D eigenvalue weighted by Gasteiger charge is 2.18. The lowest BCUT2D eigenvalue weighted by Gasteiger charge is -2.31. The molecule has 3 rings (SSSR count). The summed E-state index contributed by atoms with van der Waals surface area (Å²) in [6.07, 6.45) is 3.44. The number of benzene rings is 1. The fourth-order valence-electron chi connectivity index (χ4n) is 2.42. The van der Waals surface area contributed by atoms with Gasteiger partial charge in [-0.1, -0.05) is 6.07 Å². The van der Waals surface area contributed by atoms with E-state index in [-0.39, 0.29) is 12.7 Å². The van der Waals surface area contributed by atoms with Crippen LogP contribution in [0.15, 0.2) is 24.3 Å². The lowest BCUT2D eigenvalue weighted by atomic mass is 10.1. The Kier molecular flexibility index (Phi) is 3.60. The predicted octanol–water partition coefficient (Wildman–Crippen LogP) is 1.25. The molecule has 5 nitrogen and oxygen atoms in total. The summed E-state index contributed by atoms with van der Waals surface area (Å²) in [5.74, 6) is 1.54. The van der Waals surface area contributed by atoms with E-state index in [4.69, 9.17) is 9.47 Å². The van der Waals surface area contributed by atoms with Gasteiger partial charge in [-0.05, 0) is 30.7 Å². The summed E-state index contributed by atoms with van der Waals surface area (Å²) in [5.41, 5.74) is 0.936. The number of amides is 1. The Labute approximate surface area is 118 Å². The topological polar surface area (TPSA) is 50.8 Å². The number of hydrogen-bond donors (Lipinski definition) is 1. The monoisotopic (exact) mass is 274 g/mol. The number of ether oxygens (including phenoxy) is 2. The van der Waals surface area contributed by atoms with Gasteiger partial charge < -0.3 is 19.7 Å². The first-order valence-electron chi connectivity index (χ1n) is 6.82. The van der Waals surface area contributed by atoms with Gasteiger partial charge in [0.05, 0.1) is 0 Å². The Hall–Kier alpha value is -2.01. The molecule has 1 aromatic rings. The van der Waals surface area contributed by atoms with E-state index in [0.29, 0.717) is 6.04 Å². The maximum Gasteiger partial charge on any atom is 0.246 e. The van der Waals surface area contributed by atoms with Gasteiger partial charge in [-0.2, -0.15) is 0 Å². The SMILES string of the molecule is C[C@@H]1CN(C(=O)/C=C/c2ccc3c(c2)OCO3)CCN1. The lowest BCUT2D eigenvalue weighted by molar-refractivity contribution is -0.127. The molecule has 0 bridgehead atoms. The van der Waals surface area contributed by atoms with Crippen molar-refractivity contribution in [1.29, 1.82) is 0 Å². The molecule has 1 atom stereocenters. The molecule has 0 saturated carbocycles. The average Bonchev–Trinajstić information content (AvgIpc) is 2.92. The van der Waals surface area contributed by atoms with E-state index in [1.807, 2.05) is 29.2 Å². The average molecular weight is 274 g/mol. The minimum atomic E-state index is 0.0519. The van der Waals surface area contributed by atoms with Crippen molar-refractivity contribution < 1.29 is 14.3 Å². The molecule has 1 saturated heterocycles. The van der Waals surface area contributed by atoms with E-state index in [1.165, 1.54) is 0 Å². The molecule has 2 aliphatic rings. The number of hydrogen-bond acceptors (Lipinski definition) is 4. The van der Waals surface area contributed by atoms with Crippen molar-refractivity contribution >= 4 is 12.0 Å². The van der Waals surface area contributed by atoms with Gasteiger partial charge in [0.1, 0.15) is 0 Å². The van der Waals surface area contributed by atoms with Crippen LogP contribution in [-0.4, -0.2) is 43.3 Å². The van der Waals surface area contributed by atoms with Crippen LogP contribution in [0.25, 0.3) is 6.08 Å². The molecular weight excluding hydrogens is 256 g/mol. The van der Waals surface area contributed by atoms with Crippen LogP contribution in [0.3, 0.4) is 0 Å². The third-order valence-electron chi connectivity index (χ3n) is 3.50. The van der Waals surface area contributed by atoms with Crippen LogP contribution in [0.4, 0.5) is 0 Å². The Balaban J connectivity index is 1.66. The molecule has 0 aromatic heterocycles. The van der Waals surface area contributed by atoms with Crippen LogP contribution >= 0.6 is 0 Å². The molecule has 1 amide bonds. The molecule has 1 fully saturated rings. The van der Waals surface area contributed by atoms with Crippen LogP contribution in [-0.2, 0) is 4.79 Å². The van der Waals surface area contributed by atoms with E-state index in [2.05, 4.69) is 12.2 Å². The lowest BCUT2D eigenvalue weighted by Crippen LogP contribution is -2.50. The Bertz CT molecular complexity index is 542. The minimum absolute atomic E-state index is 0.0519. The van der Waals surface area contributed by atoms with Crippen LogP contribution in [0.1, 0.15) is 12.5 Å². The number of fused-ring (bicyclic) bond motifs is 1. The van der Waals surface area contributed by atoms with Gasteiger partial charge in [0.15, 0.2) is 11.5 Å². The van der Waals surface area contributed by atoms with Gasteiger partial charge in [-0.15, -0.1) is 0 Å². The number of carbonyl (C=O) groups excluding carboxylic acids is 1. The van der Waals surface area contributed by atoms with E-state index >= 15 is 0 Å². The molecule has 0 radical (unpaired) electrons. The second-order valence-corrected chi connectivity index (χ2v) is 5.09. The smallest absolute Gasteiger partial charge is 0.246 e. The molecule has 0 aliphatic carbocycles. The standard InChI is InChI=1S/C15H18N2O3/c1-11-9-17(7-6-16-11)15(18)5-3-12-2-4-13-14(8-12)20-10-19-13/h2-5,8,11,16H,6-7,9-10H2,1H3/b5-3+/t11-/m1/s1. The molecule has 2 aliphatic heterocycles. The normalized spacial score (nSPS) is 21.4. The first-order chi connectivity index (χ1) is 9.72. The van der Waals surface area contributed by atoms with Crippen molar-refractivity contribution in [2.24, 2.45) is 0 Å². The summed E-state index contributed by atoms with van der Waals surface area (Å²) in [6.45, 7) is 4.71. The van der Waals surface area contributed by atoms with Gasteiger partial charge in [0.25, 0.3) is 0 Å². The third kappa shape index (κ3) is 2.77. The predicted molar refractivity (Wildman–Crippen MR) is 75.6 cm³/mol. The number of rotatable bonds is 2. The molecular formula is C15H18N2O3. The number of carbonyl (C=O) groups is 1. The zero-order chi connectivity index (χ0) is 13.9. The Morgan fingerprint density at radius 3 is 3.10 bits per heavy atom. The summed E-state index contributed by atoms with van der Waals surface area (Å²) in [6, 6.07) is 6.01. The van der Waals surface area contributed by atoms with Crippen molar-refractivity contribution in [3.05, 3.63) is 29.8 Å². The van der Waals surface area contributed by atoms with Gasteiger partial charge >= 0.3 is 0 Å². The molecule has 1 aromatic carbocycles. The molecule has 5 heteroatoms. The Morgan fingerprint density at radius 1 is 1.40 bits per heavy atom. The van der Waals surface area contributed by atoms with Crippen LogP contribution in [0.2, 0.25) is 0 Å². The molecule has 106 valence electrons. The first kappa shape index (κ1) is 13.0. The zero-order valence-corrected chi connectivity index (χ0v) is 11.5. The van der Waals surface area contributed by atoms with Gasteiger partial charge in [-0.3, -0.25) is 4.79 Å². The highest BCUT2D eigenvalue weighted by atomic mass is 16.7. The molecule has 0 unspecified atom stereocenters. The van der Waals surface area contributed by atoms with Gasteiger partial charge in [0.2, 0.25) is 12.7 Å². The van der Waals surface area contributed by atoms with Gasteiger partial charge in [-0.25, -0.2) is 0 Å². The molecule has 1 N–H and O–H groups in total. The summed E-state index contributed by atoms with van der Waals surface area (Å²) in [5, 5.41) is 3.32. The summed E-state index contributed by atoms with van der Waals surface area (Å²) < 4.78 is 10.6. The fourth-order valence-corrected chi connectivity index (χ4v) is 2.42. The second-order valence-electron chi connectivity index (χ2n) is 5.09. The summed E-state index contributed by atoms with van der Waals surface area (Å²) in [7, 11) is 0. The highest BCUT2D eigenvalue weighted by Crippen LogP contribution is 2.32. The van der Waals surface area contributed by atoms with Crippen LogP contribution in [0.5, 0.6) is 11.5 Å². The van der Waals surface area contributed by atoms with Crippen molar-refractivity contribution in [2.45, 2.75) is 13.0 Å². The van der Waals surface area contributed by atoms with Crippen LogP contribution < -0.4 is 14.8 Å². The largest absolute Gasteiger partial charge is 0.454 e. The number of nitrogens with one attached hydrogen (secondary N) is 1. The molecule has 2 heterocycles. The van der Waals surface area contributed by atoms with Crippen molar-refractivity contribution in [1.82, 2.24) is 10.2 Å². The second kappa shape index (κ2) is 5.54. The molecule has 0 spiro atoms. The van der Waals surface area contributed by atoms with E-state index in [9.17, 15) is 4.79 Å². The number of nitrogens with zero attached hydrogens (tertiary/aromatic N) is 1. The quantitative estimate of drug-likeness (QED) is 0.825.